The number of hydrogen-bond donors (Lipinski definition) is 4. The van der Waals surface area contributed by atoms with Crippen LogP contribution in [0, 0.1) is 23.7 Å². The molecule has 0 spiro atoms. The van der Waals surface area contributed by atoms with Crippen LogP contribution >= 0.6 is 31.9 Å². The van der Waals surface area contributed by atoms with Crippen LogP contribution in [0.1, 0.15) is 92.4 Å². The zero-order valence-corrected chi connectivity index (χ0v) is 41.8. The number of halogens is 3. The second kappa shape index (κ2) is 18.6. The van der Waals surface area contributed by atoms with Crippen LogP contribution in [-0.4, -0.2) is 77.1 Å². The van der Waals surface area contributed by atoms with Crippen LogP contribution in [0.2, 0.25) is 0 Å². The molecule has 1 saturated heterocycles. The third kappa shape index (κ3) is 10.6. The van der Waals surface area contributed by atoms with E-state index in [0.717, 1.165) is 55.2 Å². The number of pyridine rings is 4. The highest BCUT2D eigenvalue weighted by Crippen LogP contribution is 2.60. The van der Waals surface area contributed by atoms with E-state index in [2.05, 4.69) is 112 Å². The lowest BCUT2D eigenvalue weighted by molar-refractivity contribution is -0.121. The van der Waals surface area contributed by atoms with Crippen LogP contribution in [0.25, 0.3) is 11.3 Å². The van der Waals surface area contributed by atoms with Crippen molar-refractivity contribution >= 4 is 67.8 Å². The molecular weight excluding hydrogens is 982 g/mol. The van der Waals surface area contributed by atoms with Crippen LogP contribution in [0.3, 0.4) is 0 Å². The van der Waals surface area contributed by atoms with Crippen molar-refractivity contribution < 1.29 is 18.5 Å². The highest BCUT2D eigenvalue weighted by atomic mass is 79.9. The van der Waals surface area contributed by atoms with Crippen molar-refractivity contribution in [3.63, 3.8) is 0 Å². The van der Waals surface area contributed by atoms with Gasteiger partial charge < -0.3 is 30.6 Å². The van der Waals surface area contributed by atoms with Gasteiger partial charge in [-0.3, -0.25) is 9.59 Å². The summed E-state index contributed by atoms with van der Waals surface area (Å²) in [4.78, 5) is 40.3. The summed E-state index contributed by atoms with van der Waals surface area (Å²) in [7, 11) is -0.327. The number of anilines is 3. The van der Waals surface area contributed by atoms with Gasteiger partial charge in [-0.1, -0.05) is 6.07 Å². The fourth-order valence-corrected chi connectivity index (χ4v) is 10.3. The minimum Gasteiger partial charge on any atom is -0.399 e. The number of amides is 1. The van der Waals surface area contributed by atoms with Gasteiger partial charge in [0.25, 0.3) is 5.56 Å². The molecular formula is C49H58BBr2FN10O4. The van der Waals surface area contributed by atoms with Crippen molar-refractivity contribution in [1.29, 1.82) is 0 Å². The second-order valence-corrected chi connectivity index (χ2v) is 22.3. The number of carbonyl (C=O) groups excluding carboxylic acids is 1. The monoisotopic (exact) mass is 1040 g/mol. The number of aromatic nitrogens is 6. The summed E-state index contributed by atoms with van der Waals surface area (Å²) in [5.74, 6) is 5.08. The predicted octanol–water partition coefficient (Wildman–Crippen LogP) is 8.54. The minimum atomic E-state index is -0.451. The second-order valence-electron chi connectivity index (χ2n) is 20.5. The van der Waals surface area contributed by atoms with Crippen molar-refractivity contribution in [3.05, 3.63) is 111 Å². The molecule has 5 aromatic rings. The number of carbonyl (C=O) groups is 1. The van der Waals surface area contributed by atoms with E-state index in [1.54, 1.807) is 18.3 Å². The summed E-state index contributed by atoms with van der Waals surface area (Å²) >= 11 is 6.49. The Morgan fingerprint density at radius 1 is 0.672 bits per heavy atom. The molecule has 6 heterocycles. The van der Waals surface area contributed by atoms with E-state index >= 15 is 0 Å². The van der Waals surface area contributed by atoms with Crippen molar-refractivity contribution in [1.82, 2.24) is 35.0 Å². The first-order chi connectivity index (χ1) is 31.9. The maximum Gasteiger partial charge on any atom is 0.496 e. The molecule has 18 heteroatoms. The zero-order valence-electron chi connectivity index (χ0n) is 38.6. The van der Waals surface area contributed by atoms with Gasteiger partial charge in [0.15, 0.2) is 0 Å². The molecule has 1 aliphatic heterocycles. The van der Waals surface area contributed by atoms with E-state index in [0.29, 0.717) is 23.3 Å². The summed E-state index contributed by atoms with van der Waals surface area (Å²) in [6.07, 6.45) is 18.6. The molecule has 0 radical (unpaired) electrons. The average Bonchev–Trinajstić information content (AvgIpc) is 3.44. The number of nitrogens with one attached hydrogen (secondary N) is 4. The summed E-state index contributed by atoms with van der Waals surface area (Å²) in [5.41, 5.74) is 2.59. The van der Waals surface area contributed by atoms with Crippen LogP contribution in [-0.2, 0) is 20.6 Å². The number of hydrogen-bond acceptors (Lipinski definition) is 12. The summed E-state index contributed by atoms with van der Waals surface area (Å²) in [6.45, 7) is 10.5. The lowest BCUT2D eigenvalue weighted by atomic mass is 9.50. The first kappa shape index (κ1) is 47.3. The smallest absolute Gasteiger partial charge is 0.399 e. The maximum atomic E-state index is 12.0. The fourth-order valence-electron chi connectivity index (χ4n) is 9.84. The topological polar surface area (TPSA) is 170 Å². The Morgan fingerprint density at radius 2 is 1.15 bits per heavy atom. The Bertz CT molecular complexity index is 2530. The summed E-state index contributed by atoms with van der Waals surface area (Å²) < 4.78 is 27.1. The molecule has 4 N–H and O–H groups in total. The minimum absolute atomic E-state index is 0.0860. The normalized spacial score (nSPS) is 27.5. The van der Waals surface area contributed by atoms with Crippen molar-refractivity contribution in [2.75, 3.05) is 22.5 Å². The van der Waals surface area contributed by atoms with Gasteiger partial charge in [-0.2, -0.15) is 9.49 Å². The first-order valence-electron chi connectivity index (χ1n) is 23.3. The lowest BCUT2D eigenvalue weighted by Gasteiger charge is -2.62. The van der Waals surface area contributed by atoms with Crippen LogP contribution in [0.15, 0.2) is 99.2 Å². The molecule has 1 amide bonds. The molecule has 9 aliphatic carbocycles. The standard InChI is InChI=1S/C18H21N5O2.C16H23BN2O2.C10H11BrN2.C5H3BrFN/c1-2-19-16(24)11-23-17(25)6-4-14(22-23)13-3-5-15(20-10-13)21-18-7-12(8-18)9-18;1-14(2)15(3,4)21-17(20-14)12-5-6-13(18-10-12)19-16-7-11(8-16)9-16;11-8-1-2-9(12-6-8)13-10-3-7(4-10)5-10;6-4-1-2-5(7)8-3-4/h3-6,10,12H,2,7-9,11H2,1H3,(H,19,24)(H,20,21);5-6,10-11H,7-9H2,1-4H3,(H,18,19);1-2,6-7H,3-5H2,(H,12,13);1-3H. The molecule has 5 aromatic heterocycles. The Morgan fingerprint density at radius 3 is 1.54 bits per heavy atom. The third-order valence-electron chi connectivity index (χ3n) is 14.6. The Kier molecular flexibility index (Phi) is 13.1. The van der Waals surface area contributed by atoms with Crippen molar-refractivity contribution in [3.8, 4) is 11.3 Å². The van der Waals surface area contributed by atoms with Gasteiger partial charge in [0, 0.05) is 74.0 Å². The molecule has 10 fully saturated rings. The summed E-state index contributed by atoms with van der Waals surface area (Å²) in [6, 6.07) is 18.0. The molecule has 9 saturated carbocycles. The Labute approximate surface area is 408 Å². The van der Waals surface area contributed by atoms with Crippen LogP contribution < -0.4 is 32.3 Å². The van der Waals surface area contributed by atoms with Crippen molar-refractivity contribution in [2.24, 2.45) is 17.8 Å². The highest BCUT2D eigenvalue weighted by Gasteiger charge is 2.58. The molecule has 0 atom stereocenters. The van der Waals surface area contributed by atoms with Gasteiger partial charge in [0.2, 0.25) is 11.9 Å². The van der Waals surface area contributed by atoms with Gasteiger partial charge >= 0.3 is 7.12 Å². The number of rotatable bonds is 11. The summed E-state index contributed by atoms with van der Waals surface area (Å²) in [5, 5.41) is 17.6. The zero-order chi connectivity index (χ0) is 47.2. The third-order valence-corrected chi connectivity index (χ3v) is 15.6. The number of likely N-dealkylation sites (N-methyl/N-ethyl adjacent to an activating group) is 1. The van der Waals surface area contributed by atoms with E-state index in [1.807, 2.05) is 49.6 Å². The number of nitrogens with zero attached hydrogens (tertiary/aromatic N) is 6. The Balaban J connectivity index is 0.000000120. The van der Waals surface area contributed by atoms with E-state index in [1.165, 1.54) is 80.8 Å². The molecule has 0 aromatic carbocycles. The molecule has 10 aliphatic rings. The fraction of sp³-hybridized carbons (Fsp3) is 0.490. The highest BCUT2D eigenvalue weighted by molar-refractivity contribution is 9.10. The van der Waals surface area contributed by atoms with E-state index < -0.39 is 5.95 Å². The molecule has 15 rings (SSSR count). The van der Waals surface area contributed by atoms with E-state index in [9.17, 15) is 14.0 Å². The Hall–Kier alpha value is -4.78. The van der Waals surface area contributed by atoms with Gasteiger partial charge in [-0.15, -0.1) is 0 Å². The van der Waals surface area contributed by atoms with Gasteiger partial charge in [-0.05, 0) is 191 Å². The SMILES string of the molecule is Brc1ccc(NC23CC(C2)C3)nc1.CC1(C)OB(c2ccc(NC34CC(C3)C4)nc2)OC1(C)C.CCNC(=O)Cn1nc(-c2ccc(NC34CC(C3)C4)nc2)ccc1=O.Fc1ccc(Br)cn1. The predicted molar refractivity (Wildman–Crippen MR) is 265 cm³/mol. The maximum absolute atomic E-state index is 12.0. The van der Waals surface area contributed by atoms with Crippen molar-refractivity contribution in [2.45, 2.75) is 127 Å². The van der Waals surface area contributed by atoms with Gasteiger partial charge in [0.05, 0.1) is 16.9 Å². The first-order valence-corrected chi connectivity index (χ1v) is 24.8. The van der Waals surface area contributed by atoms with E-state index in [-0.39, 0.29) is 41.9 Å². The molecule has 67 heavy (non-hydrogen) atoms. The van der Waals surface area contributed by atoms with E-state index in [4.69, 9.17) is 9.31 Å². The average molecular weight is 1040 g/mol. The molecule has 14 nitrogen and oxygen atoms in total. The van der Waals surface area contributed by atoms with Gasteiger partial charge in [0.1, 0.15) is 24.0 Å². The van der Waals surface area contributed by atoms with Gasteiger partial charge in [-0.25, -0.2) is 24.6 Å². The van der Waals surface area contributed by atoms with Crippen LogP contribution in [0.5, 0.6) is 0 Å². The molecule has 0 unspecified atom stereocenters. The quantitative estimate of drug-likeness (QED) is 0.0736. The molecule has 352 valence electrons. The molecule has 6 bridgehead atoms. The lowest BCUT2D eigenvalue weighted by Crippen LogP contribution is -2.63. The largest absolute Gasteiger partial charge is 0.496 e. The van der Waals surface area contributed by atoms with Crippen LogP contribution in [0.4, 0.5) is 21.8 Å².